The van der Waals surface area contributed by atoms with Crippen LogP contribution in [0.15, 0.2) is 18.2 Å². The third-order valence-electron chi connectivity index (χ3n) is 3.66. The molecule has 5 heteroatoms. The minimum absolute atomic E-state index is 0.0363. The van der Waals surface area contributed by atoms with Crippen molar-refractivity contribution in [1.29, 1.82) is 0 Å². The molecule has 0 aromatic heterocycles. The molecule has 1 atom stereocenters. The van der Waals surface area contributed by atoms with Gasteiger partial charge in [-0.05, 0) is 32.5 Å². The minimum atomic E-state index is -0.363. The molecule has 1 saturated heterocycles. The summed E-state index contributed by atoms with van der Waals surface area (Å²) < 4.78 is 19.0. The molecule has 112 valence electrons. The van der Waals surface area contributed by atoms with Crippen molar-refractivity contribution in [3.05, 3.63) is 29.6 Å². The number of nitrogens with zero attached hydrogens (tertiary/aromatic N) is 1. The number of nitrogens with one attached hydrogen (secondary N) is 1. The van der Waals surface area contributed by atoms with Crippen molar-refractivity contribution in [3.63, 3.8) is 0 Å². The van der Waals surface area contributed by atoms with E-state index in [1.807, 2.05) is 6.92 Å². The fourth-order valence-electron chi connectivity index (χ4n) is 2.42. The van der Waals surface area contributed by atoms with Crippen LogP contribution in [0.4, 0.5) is 4.39 Å². The fraction of sp³-hybridized carbons (Fsp3) is 0.600. The lowest BCUT2D eigenvalue weighted by Gasteiger charge is -2.26. The molecule has 0 saturated carbocycles. The van der Waals surface area contributed by atoms with E-state index in [1.165, 1.54) is 6.07 Å². The summed E-state index contributed by atoms with van der Waals surface area (Å²) in [6.07, 6.45) is 1.03. The summed E-state index contributed by atoms with van der Waals surface area (Å²) in [4.78, 5) is 2.39. The second-order valence-corrected chi connectivity index (χ2v) is 5.19. The van der Waals surface area contributed by atoms with E-state index in [-0.39, 0.29) is 17.6 Å². The van der Waals surface area contributed by atoms with Crippen LogP contribution in [0.25, 0.3) is 0 Å². The van der Waals surface area contributed by atoms with Crippen LogP contribution in [0.5, 0.6) is 5.75 Å². The van der Waals surface area contributed by atoms with Gasteiger partial charge in [-0.2, -0.15) is 0 Å². The summed E-state index contributed by atoms with van der Waals surface area (Å²) in [5.41, 5.74) is 0.592. The molecule has 0 amide bonds. The molecule has 1 aromatic carbocycles. The van der Waals surface area contributed by atoms with Crippen LogP contribution < -0.4 is 5.32 Å². The molecule has 4 nitrogen and oxygen atoms in total. The Bertz CT molecular complexity index is 422. The van der Waals surface area contributed by atoms with E-state index >= 15 is 0 Å². The first kappa shape index (κ1) is 15.2. The molecule has 0 radical (unpaired) electrons. The lowest BCUT2D eigenvalue weighted by atomic mass is 10.1. The molecule has 1 aliphatic heterocycles. The topological polar surface area (TPSA) is 44.7 Å². The summed E-state index contributed by atoms with van der Waals surface area (Å²) in [7, 11) is 0. The van der Waals surface area contributed by atoms with Crippen LogP contribution in [0.2, 0.25) is 0 Å². The lowest BCUT2D eigenvalue weighted by molar-refractivity contribution is 0.0374. The summed E-state index contributed by atoms with van der Waals surface area (Å²) in [6.45, 7) is 7.47. The van der Waals surface area contributed by atoms with Crippen molar-refractivity contribution in [2.75, 3.05) is 39.4 Å². The smallest absolute Gasteiger partial charge is 0.131 e. The van der Waals surface area contributed by atoms with E-state index in [1.54, 1.807) is 6.07 Å². The SMILES string of the molecule is CC(NCCCN1CCOCC1)c1ccc(O)cc1F. The van der Waals surface area contributed by atoms with Crippen molar-refractivity contribution in [1.82, 2.24) is 10.2 Å². The number of phenolic OH excluding ortho intramolecular Hbond substituents is 1. The maximum Gasteiger partial charge on any atom is 0.131 e. The van der Waals surface area contributed by atoms with E-state index in [0.717, 1.165) is 51.9 Å². The lowest BCUT2D eigenvalue weighted by Crippen LogP contribution is -2.37. The van der Waals surface area contributed by atoms with Crippen molar-refractivity contribution in [3.8, 4) is 5.75 Å². The van der Waals surface area contributed by atoms with Gasteiger partial charge in [-0.25, -0.2) is 4.39 Å². The third kappa shape index (κ3) is 4.44. The Balaban J connectivity index is 1.70. The van der Waals surface area contributed by atoms with Gasteiger partial charge in [-0.1, -0.05) is 6.07 Å². The number of benzene rings is 1. The molecular formula is C15H23FN2O2. The minimum Gasteiger partial charge on any atom is -0.508 e. The van der Waals surface area contributed by atoms with Gasteiger partial charge in [0.1, 0.15) is 11.6 Å². The maximum atomic E-state index is 13.7. The first-order valence-corrected chi connectivity index (χ1v) is 7.18. The van der Waals surface area contributed by atoms with Crippen LogP contribution in [0.3, 0.4) is 0 Å². The van der Waals surface area contributed by atoms with Crippen molar-refractivity contribution in [2.24, 2.45) is 0 Å². The number of ether oxygens (including phenoxy) is 1. The second-order valence-electron chi connectivity index (χ2n) is 5.19. The van der Waals surface area contributed by atoms with Crippen LogP contribution in [0, 0.1) is 5.82 Å². The summed E-state index contributed by atoms with van der Waals surface area (Å²) in [6, 6.07) is 4.25. The monoisotopic (exact) mass is 282 g/mol. The zero-order valence-corrected chi connectivity index (χ0v) is 11.9. The van der Waals surface area contributed by atoms with Gasteiger partial charge in [-0.15, -0.1) is 0 Å². The van der Waals surface area contributed by atoms with Gasteiger partial charge in [-0.3, -0.25) is 4.90 Å². The van der Waals surface area contributed by atoms with Gasteiger partial charge in [0.2, 0.25) is 0 Å². The molecule has 0 spiro atoms. The van der Waals surface area contributed by atoms with Gasteiger partial charge < -0.3 is 15.2 Å². The van der Waals surface area contributed by atoms with Gasteiger partial charge in [0.15, 0.2) is 0 Å². The number of morpholine rings is 1. The van der Waals surface area contributed by atoms with Crippen molar-refractivity contribution >= 4 is 0 Å². The standard InChI is InChI=1S/C15H23FN2O2/c1-12(14-4-3-13(19)11-15(14)16)17-5-2-6-18-7-9-20-10-8-18/h3-4,11-12,17,19H,2,5-10H2,1H3. The average Bonchev–Trinajstić information content (AvgIpc) is 2.44. The quantitative estimate of drug-likeness (QED) is 0.782. The predicted octanol–water partition coefficient (Wildman–Crippen LogP) is 1.90. The Hall–Kier alpha value is -1.17. The average molecular weight is 282 g/mol. The molecule has 1 aliphatic rings. The highest BCUT2D eigenvalue weighted by Gasteiger charge is 2.12. The van der Waals surface area contributed by atoms with Crippen LogP contribution >= 0.6 is 0 Å². The zero-order chi connectivity index (χ0) is 14.4. The maximum absolute atomic E-state index is 13.7. The third-order valence-corrected chi connectivity index (χ3v) is 3.66. The molecule has 1 heterocycles. The number of aromatic hydroxyl groups is 1. The van der Waals surface area contributed by atoms with Crippen molar-refractivity contribution < 1.29 is 14.2 Å². The molecule has 1 fully saturated rings. The zero-order valence-electron chi connectivity index (χ0n) is 11.9. The molecule has 1 unspecified atom stereocenters. The molecule has 1 aromatic rings. The normalized spacial score (nSPS) is 18.1. The van der Waals surface area contributed by atoms with E-state index in [9.17, 15) is 9.50 Å². The fourth-order valence-corrected chi connectivity index (χ4v) is 2.42. The van der Waals surface area contributed by atoms with Gasteiger partial charge in [0, 0.05) is 30.8 Å². The highest BCUT2D eigenvalue weighted by molar-refractivity contribution is 5.29. The largest absolute Gasteiger partial charge is 0.508 e. The van der Waals surface area contributed by atoms with E-state index in [0.29, 0.717) is 5.56 Å². The first-order valence-electron chi connectivity index (χ1n) is 7.18. The Morgan fingerprint density at radius 3 is 2.85 bits per heavy atom. The molecule has 0 aliphatic carbocycles. The Kier molecular flexibility index (Phi) is 5.76. The van der Waals surface area contributed by atoms with Gasteiger partial charge in [0.25, 0.3) is 0 Å². The van der Waals surface area contributed by atoms with E-state index in [4.69, 9.17) is 4.74 Å². The highest BCUT2D eigenvalue weighted by atomic mass is 19.1. The number of hydrogen-bond donors (Lipinski definition) is 2. The molecule has 0 bridgehead atoms. The first-order chi connectivity index (χ1) is 9.66. The molecule has 2 N–H and O–H groups in total. The van der Waals surface area contributed by atoms with Gasteiger partial charge >= 0.3 is 0 Å². The molecule has 2 rings (SSSR count). The number of halogens is 1. The summed E-state index contributed by atoms with van der Waals surface area (Å²) >= 11 is 0. The van der Waals surface area contributed by atoms with E-state index in [2.05, 4.69) is 10.2 Å². The second kappa shape index (κ2) is 7.57. The van der Waals surface area contributed by atoms with E-state index < -0.39 is 0 Å². The van der Waals surface area contributed by atoms with Crippen LogP contribution in [0.1, 0.15) is 24.9 Å². The summed E-state index contributed by atoms with van der Waals surface area (Å²) in [5.74, 6) is -0.399. The number of hydrogen-bond acceptors (Lipinski definition) is 4. The molecular weight excluding hydrogens is 259 g/mol. The molecule has 20 heavy (non-hydrogen) atoms. The Morgan fingerprint density at radius 1 is 1.40 bits per heavy atom. The number of rotatable bonds is 6. The van der Waals surface area contributed by atoms with Crippen LogP contribution in [-0.2, 0) is 4.74 Å². The predicted molar refractivity (Wildman–Crippen MR) is 76.4 cm³/mol. The summed E-state index contributed by atoms with van der Waals surface area (Å²) in [5, 5.41) is 12.5. The highest BCUT2D eigenvalue weighted by Crippen LogP contribution is 2.20. The Labute approximate surface area is 119 Å². The van der Waals surface area contributed by atoms with Gasteiger partial charge in [0.05, 0.1) is 13.2 Å². The van der Waals surface area contributed by atoms with Crippen LogP contribution in [-0.4, -0.2) is 49.4 Å². The Morgan fingerprint density at radius 2 is 2.15 bits per heavy atom. The number of phenols is 1. The van der Waals surface area contributed by atoms with Crippen molar-refractivity contribution in [2.45, 2.75) is 19.4 Å².